The van der Waals surface area contributed by atoms with Gasteiger partial charge in [-0.2, -0.15) is 0 Å². The Balaban J connectivity index is 1.55. The van der Waals surface area contributed by atoms with Gasteiger partial charge in [0.1, 0.15) is 0 Å². The molecule has 37 heavy (non-hydrogen) atoms. The summed E-state index contributed by atoms with van der Waals surface area (Å²) in [5, 5.41) is 11.1. The van der Waals surface area contributed by atoms with Gasteiger partial charge in [-0.15, -0.1) is 0 Å². The van der Waals surface area contributed by atoms with E-state index in [2.05, 4.69) is 0 Å². The third-order valence-electron chi connectivity index (χ3n) is 5.71. The van der Waals surface area contributed by atoms with Crippen LogP contribution in [0.5, 0.6) is 0 Å². The van der Waals surface area contributed by atoms with Gasteiger partial charge in [-0.1, -0.05) is 91.0 Å². The zero-order valence-corrected chi connectivity index (χ0v) is 20.7. The van der Waals surface area contributed by atoms with Crippen molar-refractivity contribution in [2.75, 3.05) is 19.8 Å². The lowest BCUT2D eigenvalue weighted by Crippen LogP contribution is -2.45. The van der Waals surface area contributed by atoms with Gasteiger partial charge in [-0.05, 0) is 16.7 Å². The van der Waals surface area contributed by atoms with E-state index in [-0.39, 0.29) is 19.8 Å². The number of esters is 3. The normalized spacial score (nSPS) is 10.9. The van der Waals surface area contributed by atoms with E-state index in [9.17, 15) is 19.5 Å². The zero-order chi connectivity index (χ0) is 26.3. The number of carbonyl (C=O) groups excluding carboxylic acids is 3. The summed E-state index contributed by atoms with van der Waals surface area (Å²) >= 11 is 0. The number of aliphatic hydroxyl groups is 1. The molecule has 3 rings (SSSR count). The Bertz CT molecular complexity index is 1050. The molecule has 194 valence electrons. The van der Waals surface area contributed by atoms with Gasteiger partial charge in [-0.3, -0.25) is 9.59 Å². The molecule has 1 N–H and O–H groups in total. The number of rotatable bonds is 14. The van der Waals surface area contributed by atoms with Crippen LogP contribution in [0, 0.1) is 0 Å². The fourth-order valence-corrected chi connectivity index (χ4v) is 3.68. The van der Waals surface area contributed by atoms with E-state index >= 15 is 0 Å². The van der Waals surface area contributed by atoms with Crippen LogP contribution in [0.3, 0.4) is 0 Å². The Morgan fingerprint density at radius 2 is 0.865 bits per heavy atom. The average Bonchev–Trinajstić information content (AvgIpc) is 2.90. The largest absolute Gasteiger partial charge is 0.465 e. The topological polar surface area (TPSA) is 99.1 Å². The molecule has 0 amide bonds. The van der Waals surface area contributed by atoms with E-state index in [0.29, 0.717) is 19.3 Å². The molecule has 0 aliphatic carbocycles. The maximum absolute atomic E-state index is 12.8. The molecule has 3 aromatic carbocycles. The summed E-state index contributed by atoms with van der Waals surface area (Å²) in [5.41, 5.74) is 0.505. The molecule has 0 fully saturated rings. The second-order valence-corrected chi connectivity index (χ2v) is 8.67. The predicted molar refractivity (Wildman–Crippen MR) is 137 cm³/mol. The molecular formula is C30H32O7. The Hall–Kier alpha value is -3.97. The molecule has 0 saturated carbocycles. The van der Waals surface area contributed by atoms with Gasteiger partial charge in [-0.25, -0.2) is 4.79 Å². The summed E-state index contributed by atoms with van der Waals surface area (Å²) in [4.78, 5) is 37.8. The zero-order valence-electron chi connectivity index (χ0n) is 20.7. The number of carbonyl (C=O) groups is 3. The summed E-state index contributed by atoms with van der Waals surface area (Å²) in [6.45, 7) is 0.129. The van der Waals surface area contributed by atoms with Gasteiger partial charge < -0.3 is 19.3 Å². The smallest absolute Gasteiger partial charge is 0.339 e. The van der Waals surface area contributed by atoms with Crippen LogP contribution >= 0.6 is 0 Å². The van der Waals surface area contributed by atoms with E-state index < -0.39 is 36.4 Å². The molecule has 0 heterocycles. The van der Waals surface area contributed by atoms with Crippen molar-refractivity contribution in [3.8, 4) is 0 Å². The molecular weight excluding hydrogens is 472 g/mol. The van der Waals surface area contributed by atoms with Crippen LogP contribution in [0.25, 0.3) is 0 Å². The van der Waals surface area contributed by atoms with Crippen molar-refractivity contribution in [3.05, 3.63) is 108 Å². The van der Waals surface area contributed by atoms with Crippen LogP contribution in [-0.2, 0) is 47.9 Å². The molecule has 7 nitrogen and oxygen atoms in total. The van der Waals surface area contributed by atoms with Gasteiger partial charge in [0.15, 0.2) is 5.60 Å². The molecule has 7 heteroatoms. The first kappa shape index (κ1) is 27.6. The van der Waals surface area contributed by atoms with E-state index in [1.165, 1.54) is 0 Å². The second-order valence-electron chi connectivity index (χ2n) is 8.67. The minimum Gasteiger partial charge on any atom is -0.465 e. The third-order valence-corrected chi connectivity index (χ3v) is 5.71. The Labute approximate surface area is 217 Å². The van der Waals surface area contributed by atoms with Gasteiger partial charge >= 0.3 is 17.9 Å². The molecule has 0 atom stereocenters. The molecule has 0 aromatic heterocycles. The van der Waals surface area contributed by atoms with Crippen molar-refractivity contribution in [3.63, 3.8) is 0 Å². The van der Waals surface area contributed by atoms with Gasteiger partial charge in [0.05, 0.1) is 32.7 Å². The average molecular weight is 505 g/mol. The minimum absolute atomic E-state index is 0.0166. The van der Waals surface area contributed by atoms with E-state index in [4.69, 9.17) is 14.2 Å². The van der Waals surface area contributed by atoms with Crippen LogP contribution in [0.4, 0.5) is 0 Å². The fourth-order valence-electron chi connectivity index (χ4n) is 3.68. The first-order valence-electron chi connectivity index (χ1n) is 12.3. The Kier molecular flexibility index (Phi) is 10.9. The highest BCUT2D eigenvalue weighted by Gasteiger charge is 2.43. The summed E-state index contributed by atoms with van der Waals surface area (Å²) in [6, 6.07) is 28.3. The van der Waals surface area contributed by atoms with Crippen molar-refractivity contribution >= 4 is 17.9 Å². The van der Waals surface area contributed by atoms with Crippen molar-refractivity contribution in [2.45, 2.75) is 37.7 Å². The number of benzene rings is 3. The summed E-state index contributed by atoms with van der Waals surface area (Å²) < 4.78 is 15.7. The van der Waals surface area contributed by atoms with Gasteiger partial charge in [0.25, 0.3) is 0 Å². The highest BCUT2D eigenvalue weighted by Crippen LogP contribution is 2.20. The van der Waals surface area contributed by atoms with Gasteiger partial charge in [0.2, 0.25) is 0 Å². The van der Waals surface area contributed by atoms with Crippen molar-refractivity contribution in [1.82, 2.24) is 0 Å². The van der Waals surface area contributed by atoms with Crippen LogP contribution in [-0.4, -0.2) is 48.4 Å². The van der Waals surface area contributed by atoms with Crippen molar-refractivity contribution < 1.29 is 33.7 Å². The molecule has 3 aromatic rings. The van der Waals surface area contributed by atoms with Crippen LogP contribution in [0.1, 0.15) is 29.5 Å². The third kappa shape index (κ3) is 9.89. The van der Waals surface area contributed by atoms with E-state index in [1.54, 1.807) is 0 Å². The van der Waals surface area contributed by atoms with Crippen LogP contribution in [0.15, 0.2) is 91.0 Å². The first-order chi connectivity index (χ1) is 17.9. The van der Waals surface area contributed by atoms with Crippen molar-refractivity contribution in [2.24, 2.45) is 0 Å². The number of ether oxygens (including phenoxy) is 3. The second kappa shape index (κ2) is 14.6. The molecule has 0 radical (unpaired) electrons. The highest BCUT2D eigenvalue weighted by molar-refractivity contribution is 5.90. The number of hydrogen-bond donors (Lipinski definition) is 1. The molecule has 0 unspecified atom stereocenters. The standard InChI is InChI=1S/C30H32O7/c31-27(35-19-16-24-10-4-1-5-11-24)22-30(34,29(33)37-21-18-26-14-8-3-9-15-26)23-28(32)36-20-17-25-12-6-2-7-13-25/h1-15,34H,16-23H2. The van der Waals surface area contributed by atoms with E-state index in [0.717, 1.165) is 16.7 Å². The van der Waals surface area contributed by atoms with Crippen LogP contribution < -0.4 is 0 Å². The van der Waals surface area contributed by atoms with Crippen molar-refractivity contribution in [1.29, 1.82) is 0 Å². The Morgan fingerprint density at radius 3 is 1.22 bits per heavy atom. The summed E-state index contributed by atoms with van der Waals surface area (Å²) in [6.07, 6.45) is -0.0622. The minimum atomic E-state index is -2.40. The van der Waals surface area contributed by atoms with E-state index in [1.807, 2.05) is 91.0 Å². The summed E-state index contributed by atoms with van der Waals surface area (Å²) in [7, 11) is 0. The summed E-state index contributed by atoms with van der Waals surface area (Å²) in [5.74, 6) is -2.69. The predicted octanol–water partition coefficient (Wildman–Crippen LogP) is 3.86. The molecule has 0 spiro atoms. The lowest BCUT2D eigenvalue weighted by Gasteiger charge is -2.24. The lowest BCUT2D eigenvalue weighted by molar-refractivity contribution is -0.177. The first-order valence-corrected chi connectivity index (χ1v) is 12.3. The molecule has 0 aliphatic heterocycles. The SMILES string of the molecule is O=C(CC(O)(CC(=O)OCCc1ccccc1)C(=O)OCCc1ccccc1)OCCc1ccccc1. The quantitative estimate of drug-likeness (QED) is 0.263. The molecule has 0 bridgehead atoms. The molecule has 0 aliphatic rings. The maximum Gasteiger partial charge on any atom is 0.339 e. The number of hydrogen-bond acceptors (Lipinski definition) is 7. The Morgan fingerprint density at radius 1 is 0.541 bits per heavy atom. The van der Waals surface area contributed by atoms with Gasteiger partial charge in [0, 0.05) is 19.3 Å². The molecule has 0 saturated heterocycles. The monoisotopic (exact) mass is 504 g/mol. The lowest BCUT2D eigenvalue weighted by atomic mass is 9.95. The highest BCUT2D eigenvalue weighted by atomic mass is 16.6. The van der Waals surface area contributed by atoms with Crippen LogP contribution in [0.2, 0.25) is 0 Å². The maximum atomic E-state index is 12.8. The fraction of sp³-hybridized carbons (Fsp3) is 0.300.